The third-order valence-corrected chi connectivity index (χ3v) is 11.7. The fraction of sp³-hybridized carbons (Fsp3) is 0. The summed E-state index contributed by atoms with van der Waals surface area (Å²) in [5.41, 5.74) is 12.3. The first-order valence-corrected chi connectivity index (χ1v) is 20.2. The summed E-state index contributed by atoms with van der Waals surface area (Å²) in [5.74, 6) is 1.78. The lowest BCUT2D eigenvalue weighted by Crippen LogP contribution is -2.07. The SMILES string of the molecule is c1ccc(-c2ccc(-c3nc(-c4ccccc4)nc(-n4c5ccccc5c5cccc(-c6ccc7oc8cc(-c9ccc%10ccccc%10c9)ccc8c7c6)c54)n3)cc2)cc1. The molecular weight excluding hydrogens is 733 g/mol. The molecule has 0 atom stereocenters. The fourth-order valence-corrected chi connectivity index (χ4v) is 8.70. The van der Waals surface area contributed by atoms with Gasteiger partial charge in [-0.25, -0.2) is 4.98 Å². The predicted molar refractivity (Wildman–Crippen MR) is 246 cm³/mol. The van der Waals surface area contributed by atoms with Gasteiger partial charge in [-0.2, -0.15) is 9.97 Å². The summed E-state index contributed by atoms with van der Waals surface area (Å²) in [4.78, 5) is 15.6. The standard InChI is InChI=1S/C55H34N4O/c1-3-12-35(13-4-1)37-22-25-39(26-23-37)54-56-53(38-15-5-2-6-16-38)57-55(58-54)59-49-21-10-9-18-45(49)47-20-11-19-44(52(47)59)43-29-31-50-48(33-43)46-30-28-42(34-51(46)60-50)41-27-24-36-14-7-8-17-40(36)32-41/h1-34H. The van der Waals surface area contributed by atoms with Crippen molar-refractivity contribution in [2.24, 2.45) is 0 Å². The van der Waals surface area contributed by atoms with Crippen molar-refractivity contribution in [3.63, 3.8) is 0 Å². The van der Waals surface area contributed by atoms with Crippen molar-refractivity contribution in [1.82, 2.24) is 19.5 Å². The van der Waals surface area contributed by atoms with Gasteiger partial charge in [0.15, 0.2) is 11.6 Å². The third kappa shape index (κ3) is 5.67. The molecule has 3 aromatic heterocycles. The van der Waals surface area contributed by atoms with Gasteiger partial charge in [-0.3, -0.25) is 4.57 Å². The molecular formula is C55H34N4O. The first-order chi connectivity index (χ1) is 29.7. The molecule has 0 saturated heterocycles. The largest absolute Gasteiger partial charge is 0.456 e. The lowest BCUT2D eigenvalue weighted by molar-refractivity contribution is 0.669. The Morgan fingerprint density at radius 3 is 1.75 bits per heavy atom. The number of rotatable bonds is 6. The van der Waals surface area contributed by atoms with Crippen molar-refractivity contribution < 1.29 is 4.42 Å². The maximum Gasteiger partial charge on any atom is 0.238 e. The van der Waals surface area contributed by atoms with Crippen molar-refractivity contribution in [3.05, 3.63) is 206 Å². The van der Waals surface area contributed by atoms with E-state index in [1.54, 1.807) is 0 Å². The molecule has 0 aliphatic heterocycles. The molecule has 0 radical (unpaired) electrons. The Kier molecular flexibility index (Phi) is 7.78. The number of benzene rings is 9. The average molecular weight is 767 g/mol. The highest BCUT2D eigenvalue weighted by Crippen LogP contribution is 2.41. The van der Waals surface area contributed by atoms with Gasteiger partial charge in [-0.05, 0) is 75.0 Å². The van der Waals surface area contributed by atoms with Crippen molar-refractivity contribution in [2.75, 3.05) is 0 Å². The highest BCUT2D eigenvalue weighted by atomic mass is 16.3. The Bertz CT molecular complexity index is 3590. The molecule has 0 fully saturated rings. The Morgan fingerprint density at radius 1 is 0.333 bits per heavy atom. The summed E-state index contributed by atoms with van der Waals surface area (Å²) in [6, 6.07) is 72.2. The lowest BCUT2D eigenvalue weighted by Gasteiger charge is -2.13. The van der Waals surface area contributed by atoms with Gasteiger partial charge in [0.05, 0.1) is 11.0 Å². The molecule has 0 bridgehead atoms. The van der Waals surface area contributed by atoms with E-state index in [-0.39, 0.29) is 0 Å². The molecule has 0 aliphatic carbocycles. The average Bonchev–Trinajstić information content (AvgIpc) is 3.87. The topological polar surface area (TPSA) is 56.7 Å². The van der Waals surface area contributed by atoms with E-state index in [0.29, 0.717) is 17.6 Å². The first kappa shape index (κ1) is 33.9. The van der Waals surface area contributed by atoms with Gasteiger partial charge in [0, 0.05) is 38.2 Å². The van der Waals surface area contributed by atoms with Crippen molar-refractivity contribution >= 4 is 54.5 Å². The number of para-hydroxylation sites is 2. The highest BCUT2D eigenvalue weighted by Gasteiger charge is 2.21. The molecule has 0 spiro atoms. The molecule has 3 heterocycles. The molecule has 0 aliphatic rings. The molecule has 12 aromatic rings. The molecule has 5 heteroatoms. The van der Waals surface area contributed by atoms with Gasteiger partial charge in [0.2, 0.25) is 5.95 Å². The molecule has 0 N–H and O–H groups in total. The first-order valence-electron chi connectivity index (χ1n) is 20.2. The lowest BCUT2D eigenvalue weighted by atomic mass is 9.98. The maximum absolute atomic E-state index is 6.53. The smallest absolute Gasteiger partial charge is 0.238 e. The minimum absolute atomic E-state index is 0.556. The van der Waals surface area contributed by atoms with Crippen LogP contribution in [0.1, 0.15) is 0 Å². The Morgan fingerprint density at radius 2 is 0.933 bits per heavy atom. The normalized spacial score (nSPS) is 11.7. The van der Waals surface area contributed by atoms with Crippen LogP contribution in [0.15, 0.2) is 211 Å². The van der Waals surface area contributed by atoms with E-state index in [9.17, 15) is 0 Å². The van der Waals surface area contributed by atoms with Crippen LogP contribution >= 0.6 is 0 Å². The van der Waals surface area contributed by atoms with Crippen LogP contribution in [0.3, 0.4) is 0 Å². The predicted octanol–water partition coefficient (Wildman–Crippen LogP) is 14.4. The van der Waals surface area contributed by atoms with E-state index in [0.717, 1.165) is 88.3 Å². The summed E-state index contributed by atoms with van der Waals surface area (Å²) >= 11 is 0. The fourth-order valence-electron chi connectivity index (χ4n) is 8.70. The van der Waals surface area contributed by atoms with Crippen LogP contribution in [0.5, 0.6) is 0 Å². The van der Waals surface area contributed by atoms with E-state index in [4.69, 9.17) is 19.4 Å². The van der Waals surface area contributed by atoms with E-state index in [1.165, 1.54) is 10.8 Å². The maximum atomic E-state index is 6.53. The van der Waals surface area contributed by atoms with Crippen LogP contribution in [0, 0.1) is 0 Å². The summed E-state index contributed by atoms with van der Waals surface area (Å²) < 4.78 is 8.74. The molecule has 280 valence electrons. The zero-order valence-electron chi connectivity index (χ0n) is 32.3. The molecule has 0 saturated carbocycles. The molecule has 60 heavy (non-hydrogen) atoms. The van der Waals surface area contributed by atoms with Crippen molar-refractivity contribution in [3.8, 4) is 62.1 Å². The van der Waals surface area contributed by atoms with Crippen LogP contribution in [-0.4, -0.2) is 19.5 Å². The monoisotopic (exact) mass is 766 g/mol. The number of fused-ring (bicyclic) bond motifs is 7. The van der Waals surface area contributed by atoms with Gasteiger partial charge in [-0.15, -0.1) is 0 Å². The second-order valence-corrected chi connectivity index (χ2v) is 15.2. The van der Waals surface area contributed by atoms with E-state index < -0.39 is 0 Å². The Hall–Kier alpha value is -8.15. The Labute approximate surface area is 345 Å². The number of aromatic nitrogens is 4. The molecule has 9 aromatic carbocycles. The van der Waals surface area contributed by atoms with Crippen LogP contribution < -0.4 is 0 Å². The minimum atomic E-state index is 0.556. The van der Waals surface area contributed by atoms with E-state index >= 15 is 0 Å². The van der Waals surface area contributed by atoms with Crippen LogP contribution in [-0.2, 0) is 0 Å². The van der Waals surface area contributed by atoms with E-state index in [2.05, 4.69) is 174 Å². The highest BCUT2D eigenvalue weighted by molar-refractivity contribution is 6.15. The molecule has 0 unspecified atom stereocenters. The number of furan rings is 1. The van der Waals surface area contributed by atoms with Crippen LogP contribution in [0.25, 0.3) is 117 Å². The third-order valence-electron chi connectivity index (χ3n) is 11.7. The Balaban J connectivity index is 1.03. The quantitative estimate of drug-likeness (QED) is 0.169. The summed E-state index contributed by atoms with van der Waals surface area (Å²) in [5, 5.41) is 6.85. The molecule has 5 nitrogen and oxygen atoms in total. The summed E-state index contributed by atoms with van der Waals surface area (Å²) in [7, 11) is 0. The molecule has 12 rings (SSSR count). The molecule has 0 amide bonds. The summed E-state index contributed by atoms with van der Waals surface area (Å²) in [6.07, 6.45) is 0. The van der Waals surface area contributed by atoms with Crippen LogP contribution in [0.2, 0.25) is 0 Å². The number of nitrogens with zero attached hydrogens (tertiary/aromatic N) is 4. The van der Waals surface area contributed by atoms with Gasteiger partial charge >= 0.3 is 0 Å². The number of hydrogen-bond acceptors (Lipinski definition) is 4. The zero-order chi connectivity index (χ0) is 39.6. The van der Waals surface area contributed by atoms with Gasteiger partial charge in [-0.1, -0.05) is 170 Å². The van der Waals surface area contributed by atoms with Crippen LogP contribution in [0.4, 0.5) is 0 Å². The second kappa shape index (κ2) is 13.8. The van der Waals surface area contributed by atoms with Crippen molar-refractivity contribution in [2.45, 2.75) is 0 Å². The van der Waals surface area contributed by atoms with Gasteiger partial charge in [0.25, 0.3) is 0 Å². The van der Waals surface area contributed by atoms with E-state index in [1.807, 2.05) is 36.4 Å². The zero-order valence-corrected chi connectivity index (χ0v) is 32.3. The summed E-state index contributed by atoms with van der Waals surface area (Å²) in [6.45, 7) is 0. The van der Waals surface area contributed by atoms with Gasteiger partial charge < -0.3 is 4.42 Å². The second-order valence-electron chi connectivity index (χ2n) is 15.2. The van der Waals surface area contributed by atoms with Crippen molar-refractivity contribution in [1.29, 1.82) is 0 Å². The minimum Gasteiger partial charge on any atom is -0.456 e. The number of hydrogen-bond donors (Lipinski definition) is 0. The van der Waals surface area contributed by atoms with Gasteiger partial charge in [0.1, 0.15) is 11.2 Å².